The standard InChI is InChI=1S/C15H10ClIN2O/c16-9-4-5-12-11(7-9)13(15(20)19-12)14(18)8-2-1-3-10(17)6-8/h1-7H,18H2,(H,19,20)/b14-13-. The summed E-state index contributed by atoms with van der Waals surface area (Å²) in [7, 11) is 0. The van der Waals surface area contributed by atoms with Gasteiger partial charge < -0.3 is 11.1 Å². The normalized spacial score (nSPS) is 15.8. The molecule has 3 nitrogen and oxygen atoms in total. The van der Waals surface area contributed by atoms with Crippen molar-refractivity contribution in [3.05, 3.63) is 62.2 Å². The Morgan fingerprint density at radius 3 is 2.75 bits per heavy atom. The molecule has 0 bridgehead atoms. The number of halogens is 2. The van der Waals surface area contributed by atoms with Crippen molar-refractivity contribution in [1.29, 1.82) is 0 Å². The van der Waals surface area contributed by atoms with Crippen molar-refractivity contribution < 1.29 is 4.79 Å². The first kappa shape index (κ1) is 13.5. The predicted octanol–water partition coefficient (Wildman–Crippen LogP) is 3.72. The second-order valence-corrected chi connectivity index (χ2v) is 6.13. The highest BCUT2D eigenvalue weighted by Gasteiger charge is 2.27. The fraction of sp³-hybridized carbons (Fsp3) is 0. The Morgan fingerprint density at radius 2 is 2.00 bits per heavy atom. The zero-order valence-electron chi connectivity index (χ0n) is 10.3. The Morgan fingerprint density at radius 1 is 1.20 bits per heavy atom. The molecule has 0 aromatic heterocycles. The van der Waals surface area contributed by atoms with Gasteiger partial charge in [0.1, 0.15) is 0 Å². The second kappa shape index (κ2) is 5.10. The summed E-state index contributed by atoms with van der Waals surface area (Å²) in [6.07, 6.45) is 0. The number of carbonyl (C=O) groups excluding carboxylic acids is 1. The maximum atomic E-state index is 12.1. The molecule has 2 aromatic rings. The number of anilines is 1. The van der Waals surface area contributed by atoms with Crippen molar-refractivity contribution in [2.45, 2.75) is 0 Å². The van der Waals surface area contributed by atoms with Gasteiger partial charge in [-0.3, -0.25) is 4.79 Å². The van der Waals surface area contributed by atoms with E-state index in [2.05, 4.69) is 27.9 Å². The van der Waals surface area contributed by atoms with Crippen LogP contribution in [0.2, 0.25) is 5.02 Å². The molecule has 3 N–H and O–H groups in total. The molecule has 0 radical (unpaired) electrons. The topological polar surface area (TPSA) is 55.1 Å². The maximum Gasteiger partial charge on any atom is 0.258 e. The highest BCUT2D eigenvalue weighted by Crippen LogP contribution is 2.36. The highest BCUT2D eigenvalue weighted by atomic mass is 127. The average molecular weight is 397 g/mol. The van der Waals surface area contributed by atoms with Crippen LogP contribution in [-0.4, -0.2) is 5.91 Å². The third-order valence-electron chi connectivity index (χ3n) is 3.13. The number of carbonyl (C=O) groups is 1. The van der Waals surface area contributed by atoms with Crippen molar-refractivity contribution in [3.63, 3.8) is 0 Å². The number of hydrogen-bond donors (Lipinski definition) is 2. The Kier molecular flexibility index (Phi) is 3.43. The lowest BCUT2D eigenvalue weighted by molar-refractivity contribution is -0.110. The monoisotopic (exact) mass is 396 g/mol. The van der Waals surface area contributed by atoms with E-state index in [1.165, 1.54) is 0 Å². The summed E-state index contributed by atoms with van der Waals surface area (Å²) in [5.41, 5.74) is 9.45. The lowest BCUT2D eigenvalue weighted by Gasteiger charge is -2.06. The van der Waals surface area contributed by atoms with Crippen LogP contribution >= 0.6 is 34.2 Å². The van der Waals surface area contributed by atoms with Crippen LogP contribution in [0.15, 0.2) is 42.5 Å². The van der Waals surface area contributed by atoms with Crippen LogP contribution in [-0.2, 0) is 4.79 Å². The number of fused-ring (bicyclic) bond motifs is 1. The number of nitrogens with one attached hydrogen (secondary N) is 1. The van der Waals surface area contributed by atoms with Crippen molar-refractivity contribution in [2.75, 3.05) is 5.32 Å². The number of nitrogens with two attached hydrogens (primary N) is 1. The van der Waals surface area contributed by atoms with Gasteiger partial charge in [-0.1, -0.05) is 23.7 Å². The van der Waals surface area contributed by atoms with E-state index < -0.39 is 0 Å². The molecule has 5 heteroatoms. The van der Waals surface area contributed by atoms with E-state index in [1.54, 1.807) is 18.2 Å². The van der Waals surface area contributed by atoms with E-state index in [9.17, 15) is 4.79 Å². The molecule has 1 heterocycles. The van der Waals surface area contributed by atoms with Crippen LogP contribution in [0.1, 0.15) is 11.1 Å². The van der Waals surface area contributed by atoms with E-state index in [0.29, 0.717) is 16.3 Å². The molecule has 0 saturated heterocycles. The van der Waals surface area contributed by atoms with Crippen LogP contribution in [0.5, 0.6) is 0 Å². The SMILES string of the molecule is N/C(=C1\C(=O)Nc2ccc(Cl)cc21)c1cccc(I)c1. The lowest BCUT2D eigenvalue weighted by atomic mass is 10.0. The molecular weight excluding hydrogens is 387 g/mol. The van der Waals surface area contributed by atoms with Crippen LogP contribution in [0.4, 0.5) is 5.69 Å². The van der Waals surface area contributed by atoms with Gasteiger partial charge in [-0.25, -0.2) is 0 Å². The van der Waals surface area contributed by atoms with E-state index in [4.69, 9.17) is 17.3 Å². The minimum absolute atomic E-state index is 0.196. The Balaban J connectivity index is 2.21. The minimum atomic E-state index is -0.196. The zero-order chi connectivity index (χ0) is 14.3. The molecule has 20 heavy (non-hydrogen) atoms. The number of rotatable bonds is 1. The van der Waals surface area contributed by atoms with E-state index in [0.717, 1.165) is 20.4 Å². The first-order valence-corrected chi connectivity index (χ1v) is 7.39. The summed E-state index contributed by atoms with van der Waals surface area (Å²) in [6.45, 7) is 0. The van der Waals surface area contributed by atoms with Crippen LogP contribution in [0, 0.1) is 3.57 Å². The molecular formula is C15H10ClIN2O. The van der Waals surface area contributed by atoms with Crippen molar-refractivity contribution in [3.8, 4) is 0 Å². The molecule has 0 atom stereocenters. The van der Waals surface area contributed by atoms with E-state index in [-0.39, 0.29) is 5.91 Å². The molecule has 1 amide bonds. The van der Waals surface area contributed by atoms with Gasteiger partial charge in [-0.05, 0) is 58.5 Å². The second-order valence-electron chi connectivity index (χ2n) is 4.44. The van der Waals surface area contributed by atoms with Gasteiger partial charge in [0, 0.05) is 19.8 Å². The molecule has 0 unspecified atom stereocenters. The minimum Gasteiger partial charge on any atom is -0.398 e. The maximum absolute atomic E-state index is 12.1. The molecule has 0 spiro atoms. The molecule has 100 valence electrons. The highest BCUT2D eigenvalue weighted by molar-refractivity contribution is 14.1. The molecule has 1 aliphatic rings. The fourth-order valence-electron chi connectivity index (χ4n) is 2.21. The van der Waals surface area contributed by atoms with Crippen molar-refractivity contribution in [1.82, 2.24) is 0 Å². The third-order valence-corrected chi connectivity index (χ3v) is 4.04. The quantitative estimate of drug-likeness (QED) is 0.570. The molecule has 0 aliphatic carbocycles. The van der Waals surface area contributed by atoms with Crippen LogP contribution in [0.3, 0.4) is 0 Å². The molecule has 3 rings (SSSR count). The van der Waals surface area contributed by atoms with Crippen LogP contribution < -0.4 is 11.1 Å². The summed E-state index contributed by atoms with van der Waals surface area (Å²) in [5, 5.41) is 3.38. The summed E-state index contributed by atoms with van der Waals surface area (Å²) in [5.74, 6) is -0.196. The van der Waals surface area contributed by atoms with Gasteiger partial charge in [0.25, 0.3) is 5.91 Å². The largest absolute Gasteiger partial charge is 0.398 e. The van der Waals surface area contributed by atoms with Gasteiger partial charge in [0.2, 0.25) is 0 Å². The van der Waals surface area contributed by atoms with E-state index >= 15 is 0 Å². The Bertz CT molecular complexity index is 755. The third kappa shape index (κ3) is 2.29. The zero-order valence-corrected chi connectivity index (χ0v) is 13.2. The van der Waals surface area contributed by atoms with Gasteiger partial charge in [0.15, 0.2) is 0 Å². The lowest BCUT2D eigenvalue weighted by Crippen LogP contribution is -2.09. The summed E-state index contributed by atoms with van der Waals surface area (Å²) in [6, 6.07) is 13.0. The molecule has 1 aliphatic heterocycles. The van der Waals surface area contributed by atoms with Gasteiger partial charge in [0.05, 0.1) is 11.3 Å². The number of benzene rings is 2. The smallest absolute Gasteiger partial charge is 0.258 e. The Hall–Kier alpha value is -1.53. The Labute approximate surface area is 135 Å². The first-order valence-electron chi connectivity index (χ1n) is 5.93. The fourth-order valence-corrected chi connectivity index (χ4v) is 2.92. The van der Waals surface area contributed by atoms with Gasteiger partial charge in [-0.15, -0.1) is 0 Å². The predicted molar refractivity (Wildman–Crippen MR) is 90.2 cm³/mol. The summed E-state index contributed by atoms with van der Waals surface area (Å²) < 4.78 is 1.06. The van der Waals surface area contributed by atoms with Gasteiger partial charge in [-0.2, -0.15) is 0 Å². The molecule has 2 aromatic carbocycles. The summed E-state index contributed by atoms with van der Waals surface area (Å²) in [4.78, 5) is 12.1. The number of amides is 1. The summed E-state index contributed by atoms with van der Waals surface area (Å²) >= 11 is 8.22. The van der Waals surface area contributed by atoms with Crippen LogP contribution in [0.25, 0.3) is 11.3 Å². The molecule has 0 fully saturated rings. The average Bonchev–Trinajstić information content (AvgIpc) is 2.73. The van der Waals surface area contributed by atoms with E-state index in [1.807, 2.05) is 24.3 Å². The first-order chi connectivity index (χ1) is 9.56. The van der Waals surface area contributed by atoms with Gasteiger partial charge >= 0.3 is 0 Å². The van der Waals surface area contributed by atoms with Crippen molar-refractivity contribution in [2.24, 2.45) is 5.73 Å². The number of hydrogen-bond acceptors (Lipinski definition) is 2. The molecule has 0 saturated carbocycles. The van der Waals surface area contributed by atoms with Crippen molar-refractivity contribution >= 4 is 57.1 Å².